The van der Waals surface area contributed by atoms with Crippen LogP contribution in [-0.2, 0) is 28.8 Å². The molecule has 0 radical (unpaired) electrons. The number of thioether (sulfide) groups is 1. The molecule has 0 saturated carbocycles. The van der Waals surface area contributed by atoms with Crippen molar-refractivity contribution in [1.82, 2.24) is 24.3 Å². The van der Waals surface area contributed by atoms with E-state index >= 15 is 0 Å². The monoisotopic (exact) mass is 466 g/mol. The van der Waals surface area contributed by atoms with E-state index in [0.717, 1.165) is 6.42 Å². The van der Waals surface area contributed by atoms with Crippen molar-refractivity contribution in [2.75, 3.05) is 32.2 Å². The van der Waals surface area contributed by atoms with E-state index in [1.165, 1.54) is 27.8 Å². The topological polar surface area (TPSA) is 113 Å². The fourth-order valence-electron chi connectivity index (χ4n) is 2.95. The largest absolute Gasteiger partial charge is 0.462 e. The number of hydrogen-bond donors (Lipinski definition) is 1. The van der Waals surface area contributed by atoms with Gasteiger partial charge in [0.15, 0.2) is 15.8 Å². The summed E-state index contributed by atoms with van der Waals surface area (Å²) in [5.74, 6) is -0.0214. The zero-order valence-electron chi connectivity index (χ0n) is 18.0. The van der Waals surface area contributed by atoms with Crippen LogP contribution in [0, 0.1) is 0 Å². The van der Waals surface area contributed by atoms with Crippen LogP contribution in [0.1, 0.15) is 35.6 Å². The third-order valence-corrected chi connectivity index (χ3v) is 6.45. The second-order valence-electron chi connectivity index (χ2n) is 6.52. The third kappa shape index (κ3) is 5.25. The second-order valence-corrected chi connectivity index (χ2v) is 8.46. The fraction of sp³-hybridized carbons (Fsp3) is 0.526. The first-order valence-corrected chi connectivity index (χ1v) is 11.7. The zero-order valence-corrected chi connectivity index (χ0v) is 19.6. The van der Waals surface area contributed by atoms with Crippen molar-refractivity contribution in [3.8, 4) is 0 Å². The Labute approximate surface area is 188 Å². The maximum atomic E-state index is 12.9. The van der Waals surface area contributed by atoms with Crippen LogP contribution >= 0.6 is 23.1 Å². The molecule has 0 aliphatic carbocycles. The Morgan fingerprint density at radius 1 is 1.32 bits per heavy atom. The lowest BCUT2D eigenvalue weighted by Gasteiger charge is -2.09. The van der Waals surface area contributed by atoms with Gasteiger partial charge in [-0.15, -0.1) is 0 Å². The molecule has 168 valence electrons. The average molecular weight is 467 g/mol. The van der Waals surface area contributed by atoms with Crippen molar-refractivity contribution in [1.29, 1.82) is 0 Å². The van der Waals surface area contributed by atoms with Crippen LogP contribution in [-0.4, -0.2) is 57.2 Å². The average Bonchev–Trinajstić information content (AvgIpc) is 3.33. The van der Waals surface area contributed by atoms with Gasteiger partial charge >= 0.3 is 5.97 Å². The number of carbonyl (C=O) groups excluding carboxylic acids is 1. The molecule has 3 heterocycles. The fourth-order valence-corrected chi connectivity index (χ4v) is 4.95. The first-order chi connectivity index (χ1) is 15.0. The van der Waals surface area contributed by atoms with Crippen molar-refractivity contribution in [3.05, 3.63) is 27.1 Å². The minimum atomic E-state index is -0.399. The minimum Gasteiger partial charge on any atom is -0.462 e. The molecule has 0 amide bonds. The van der Waals surface area contributed by atoms with Crippen LogP contribution in [0.4, 0.5) is 5.13 Å². The summed E-state index contributed by atoms with van der Waals surface area (Å²) in [6.07, 6.45) is 2.41. The van der Waals surface area contributed by atoms with Crippen molar-refractivity contribution in [2.24, 2.45) is 7.05 Å². The van der Waals surface area contributed by atoms with E-state index in [9.17, 15) is 9.59 Å². The smallest absolute Gasteiger partial charge is 0.350 e. The maximum absolute atomic E-state index is 12.9. The number of ether oxygens (including phenoxy) is 2. The highest BCUT2D eigenvalue weighted by atomic mass is 32.2. The number of methoxy groups -OCH3 is 1. The van der Waals surface area contributed by atoms with E-state index in [1.54, 1.807) is 31.8 Å². The van der Waals surface area contributed by atoms with Gasteiger partial charge in [-0.2, -0.15) is 5.10 Å². The Kier molecular flexibility index (Phi) is 8.04. The molecule has 3 aromatic rings. The SMILES string of the molecule is CCOC(=O)c1sc(NCCCOC)nc1CSc1nc2cnn(C)c2c(=O)n1CC. The Balaban J connectivity index is 1.85. The van der Waals surface area contributed by atoms with Gasteiger partial charge in [-0.25, -0.2) is 14.8 Å². The Morgan fingerprint density at radius 2 is 2.13 bits per heavy atom. The summed E-state index contributed by atoms with van der Waals surface area (Å²) < 4.78 is 13.4. The van der Waals surface area contributed by atoms with Crippen LogP contribution in [0.5, 0.6) is 0 Å². The summed E-state index contributed by atoms with van der Waals surface area (Å²) in [7, 11) is 3.38. The first kappa shape index (κ1) is 23.2. The second kappa shape index (κ2) is 10.7. The lowest BCUT2D eigenvalue weighted by Crippen LogP contribution is -2.23. The highest BCUT2D eigenvalue weighted by Gasteiger charge is 2.21. The molecule has 3 aromatic heterocycles. The normalized spacial score (nSPS) is 11.2. The Bertz CT molecular complexity index is 1110. The molecule has 0 aliphatic rings. The molecular formula is C19H26N6O4S2. The predicted molar refractivity (Wildman–Crippen MR) is 121 cm³/mol. The first-order valence-electron chi connectivity index (χ1n) is 9.95. The summed E-state index contributed by atoms with van der Waals surface area (Å²) in [5.41, 5.74) is 1.48. The van der Waals surface area contributed by atoms with Gasteiger partial charge in [-0.05, 0) is 20.3 Å². The molecule has 3 rings (SSSR count). The number of aryl methyl sites for hydroxylation is 1. The summed E-state index contributed by atoms with van der Waals surface area (Å²) in [6.45, 7) is 5.75. The molecule has 10 nitrogen and oxygen atoms in total. The standard InChI is InChI=1S/C19H26N6O4S2/c1-5-25-16(26)14-12(10-21-24(14)3)23-19(25)30-11-13-15(17(27)29-6-2)31-18(22-13)20-8-7-9-28-4/h10H,5-9,11H2,1-4H3,(H,20,22). The van der Waals surface area contributed by atoms with Crippen molar-refractivity contribution in [2.45, 2.75) is 37.7 Å². The van der Waals surface area contributed by atoms with Crippen LogP contribution in [0.25, 0.3) is 11.0 Å². The van der Waals surface area contributed by atoms with Gasteiger partial charge in [0.25, 0.3) is 5.56 Å². The van der Waals surface area contributed by atoms with Crippen molar-refractivity contribution >= 4 is 45.2 Å². The maximum Gasteiger partial charge on any atom is 0.350 e. The van der Waals surface area contributed by atoms with E-state index in [0.29, 0.717) is 57.3 Å². The Morgan fingerprint density at radius 3 is 2.84 bits per heavy atom. The molecule has 0 fully saturated rings. The molecule has 31 heavy (non-hydrogen) atoms. The summed E-state index contributed by atoms with van der Waals surface area (Å²) in [5, 5.41) is 8.57. The van der Waals surface area contributed by atoms with E-state index in [1.807, 2.05) is 6.92 Å². The van der Waals surface area contributed by atoms with Crippen LogP contribution in [0.15, 0.2) is 16.1 Å². The van der Waals surface area contributed by atoms with E-state index in [2.05, 4.69) is 20.4 Å². The molecular weight excluding hydrogens is 440 g/mol. The van der Waals surface area contributed by atoms with Crippen molar-refractivity contribution in [3.63, 3.8) is 0 Å². The third-order valence-electron chi connectivity index (χ3n) is 4.43. The van der Waals surface area contributed by atoms with Gasteiger partial charge in [-0.1, -0.05) is 23.1 Å². The van der Waals surface area contributed by atoms with Gasteiger partial charge in [0.2, 0.25) is 0 Å². The van der Waals surface area contributed by atoms with Gasteiger partial charge in [0.05, 0.1) is 18.5 Å². The molecule has 12 heteroatoms. The molecule has 0 unspecified atom stereocenters. The summed E-state index contributed by atoms with van der Waals surface area (Å²) >= 11 is 2.63. The predicted octanol–water partition coefficient (Wildman–Crippen LogP) is 2.52. The molecule has 0 spiro atoms. The lowest BCUT2D eigenvalue weighted by molar-refractivity contribution is 0.0531. The number of nitrogens with zero attached hydrogens (tertiary/aromatic N) is 5. The van der Waals surface area contributed by atoms with Crippen LogP contribution < -0.4 is 10.9 Å². The molecule has 0 saturated heterocycles. The van der Waals surface area contributed by atoms with Gasteiger partial charge in [-0.3, -0.25) is 14.0 Å². The van der Waals surface area contributed by atoms with Crippen LogP contribution in [0.3, 0.4) is 0 Å². The minimum absolute atomic E-state index is 0.139. The number of thiazole rings is 1. The number of anilines is 1. The Hall–Kier alpha value is -2.44. The molecule has 0 aliphatic heterocycles. The van der Waals surface area contributed by atoms with Crippen LogP contribution in [0.2, 0.25) is 0 Å². The molecule has 0 atom stereocenters. The van der Waals surface area contributed by atoms with Gasteiger partial charge in [0, 0.05) is 39.6 Å². The molecule has 0 aromatic carbocycles. The highest BCUT2D eigenvalue weighted by molar-refractivity contribution is 7.98. The summed E-state index contributed by atoms with van der Waals surface area (Å²) in [6, 6.07) is 0. The number of aromatic nitrogens is 5. The van der Waals surface area contributed by atoms with Gasteiger partial charge < -0.3 is 14.8 Å². The summed E-state index contributed by atoms with van der Waals surface area (Å²) in [4.78, 5) is 34.9. The lowest BCUT2D eigenvalue weighted by atomic mass is 10.4. The molecule has 0 bridgehead atoms. The number of rotatable bonds is 11. The zero-order chi connectivity index (χ0) is 22.4. The number of fused-ring (bicyclic) bond motifs is 1. The van der Waals surface area contributed by atoms with E-state index in [-0.39, 0.29) is 12.2 Å². The number of carbonyl (C=O) groups is 1. The molecule has 1 N–H and O–H groups in total. The number of nitrogens with one attached hydrogen (secondary N) is 1. The van der Waals surface area contributed by atoms with E-state index < -0.39 is 5.97 Å². The van der Waals surface area contributed by atoms with Crippen molar-refractivity contribution < 1.29 is 14.3 Å². The number of hydrogen-bond acceptors (Lipinski definition) is 10. The number of esters is 1. The van der Waals surface area contributed by atoms with Gasteiger partial charge in [0.1, 0.15) is 10.4 Å². The highest BCUT2D eigenvalue weighted by Crippen LogP contribution is 2.29. The quantitative estimate of drug-likeness (QED) is 0.197. The van der Waals surface area contributed by atoms with E-state index in [4.69, 9.17) is 9.47 Å².